The van der Waals surface area contributed by atoms with Crippen LogP contribution in [0, 0.1) is 5.41 Å². The maximum atomic E-state index is 3.69. The summed E-state index contributed by atoms with van der Waals surface area (Å²) in [4.78, 5) is 0. The standard InChI is InChI=1S/C19H25N/c1-18(2,3)20-14-19(11-12-19)13-16-9-6-8-15-7-4-5-10-17(15)16/h4-10,20H,11-14H2,1-3H3. The van der Waals surface area contributed by atoms with Gasteiger partial charge in [-0.1, -0.05) is 42.5 Å². The predicted molar refractivity (Wildman–Crippen MR) is 87.1 cm³/mol. The zero-order chi connectivity index (χ0) is 14.2. The highest BCUT2D eigenvalue weighted by Gasteiger charge is 2.42. The monoisotopic (exact) mass is 267 g/mol. The SMILES string of the molecule is CC(C)(C)NCC1(Cc2cccc3ccccc23)CC1. The molecule has 3 rings (SSSR count). The van der Waals surface area contributed by atoms with E-state index < -0.39 is 0 Å². The minimum absolute atomic E-state index is 0.217. The Morgan fingerprint density at radius 3 is 2.40 bits per heavy atom. The summed E-state index contributed by atoms with van der Waals surface area (Å²) in [5, 5.41) is 6.49. The molecule has 0 saturated heterocycles. The van der Waals surface area contributed by atoms with Crippen LogP contribution < -0.4 is 5.32 Å². The number of rotatable bonds is 4. The van der Waals surface area contributed by atoms with Gasteiger partial charge < -0.3 is 5.32 Å². The molecule has 0 amide bonds. The first-order valence-corrected chi connectivity index (χ1v) is 7.69. The highest BCUT2D eigenvalue weighted by Crippen LogP contribution is 2.48. The van der Waals surface area contributed by atoms with Crippen LogP contribution in [0.4, 0.5) is 0 Å². The van der Waals surface area contributed by atoms with Gasteiger partial charge in [0.1, 0.15) is 0 Å². The number of hydrogen-bond acceptors (Lipinski definition) is 1. The van der Waals surface area contributed by atoms with E-state index in [2.05, 4.69) is 68.6 Å². The molecule has 2 aromatic carbocycles. The van der Waals surface area contributed by atoms with Crippen molar-refractivity contribution in [2.75, 3.05) is 6.54 Å². The zero-order valence-electron chi connectivity index (χ0n) is 12.9. The first kappa shape index (κ1) is 13.6. The summed E-state index contributed by atoms with van der Waals surface area (Å²) in [6.07, 6.45) is 3.93. The molecular formula is C19H25N. The van der Waals surface area contributed by atoms with Gasteiger partial charge in [0.15, 0.2) is 0 Å². The summed E-state index contributed by atoms with van der Waals surface area (Å²) < 4.78 is 0. The van der Waals surface area contributed by atoms with E-state index in [1.165, 1.54) is 35.6 Å². The van der Waals surface area contributed by atoms with Crippen molar-refractivity contribution in [1.29, 1.82) is 0 Å². The van der Waals surface area contributed by atoms with E-state index in [0.29, 0.717) is 5.41 Å². The molecule has 2 aromatic rings. The molecule has 0 radical (unpaired) electrons. The Labute approximate surface area is 122 Å². The van der Waals surface area contributed by atoms with E-state index in [4.69, 9.17) is 0 Å². The molecule has 20 heavy (non-hydrogen) atoms. The molecule has 1 aliphatic carbocycles. The summed E-state index contributed by atoms with van der Waals surface area (Å²) in [7, 11) is 0. The summed E-state index contributed by atoms with van der Waals surface area (Å²) in [6.45, 7) is 7.89. The van der Waals surface area contributed by atoms with Gasteiger partial charge in [0.25, 0.3) is 0 Å². The molecule has 1 fully saturated rings. The van der Waals surface area contributed by atoms with Gasteiger partial charge in [0, 0.05) is 12.1 Å². The first-order valence-electron chi connectivity index (χ1n) is 7.69. The topological polar surface area (TPSA) is 12.0 Å². The molecule has 0 heterocycles. The van der Waals surface area contributed by atoms with Crippen LogP contribution in [0.2, 0.25) is 0 Å². The van der Waals surface area contributed by atoms with Gasteiger partial charge in [-0.3, -0.25) is 0 Å². The van der Waals surface area contributed by atoms with E-state index in [1.807, 2.05) is 0 Å². The van der Waals surface area contributed by atoms with Crippen molar-refractivity contribution in [2.45, 2.75) is 45.6 Å². The molecule has 1 saturated carbocycles. The number of nitrogens with one attached hydrogen (secondary N) is 1. The summed E-state index contributed by atoms with van der Waals surface area (Å²) in [5.41, 5.74) is 2.22. The molecular weight excluding hydrogens is 242 g/mol. The van der Waals surface area contributed by atoms with Gasteiger partial charge in [0.05, 0.1) is 0 Å². The van der Waals surface area contributed by atoms with Crippen LogP contribution in [-0.2, 0) is 6.42 Å². The number of hydrogen-bond donors (Lipinski definition) is 1. The summed E-state index contributed by atoms with van der Waals surface area (Å²) >= 11 is 0. The Bertz CT molecular complexity index is 597. The van der Waals surface area contributed by atoms with E-state index in [0.717, 1.165) is 6.54 Å². The predicted octanol–water partition coefficient (Wildman–Crippen LogP) is 4.55. The van der Waals surface area contributed by atoms with Gasteiger partial charge >= 0.3 is 0 Å². The lowest BCUT2D eigenvalue weighted by molar-refractivity contribution is 0.356. The van der Waals surface area contributed by atoms with E-state index in [9.17, 15) is 0 Å². The molecule has 0 aliphatic heterocycles. The molecule has 0 aromatic heterocycles. The van der Waals surface area contributed by atoms with Crippen molar-refractivity contribution in [2.24, 2.45) is 5.41 Å². The van der Waals surface area contributed by atoms with Crippen molar-refractivity contribution in [3.63, 3.8) is 0 Å². The average Bonchev–Trinajstić information content (AvgIpc) is 3.17. The Morgan fingerprint density at radius 2 is 1.70 bits per heavy atom. The smallest absolute Gasteiger partial charge is 0.00967 e. The van der Waals surface area contributed by atoms with Crippen LogP contribution >= 0.6 is 0 Å². The second-order valence-electron chi connectivity index (χ2n) is 7.42. The first-order chi connectivity index (χ1) is 9.48. The third-order valence-corrected chi connectivity index (χ3v) is 4.40. The maximum Gasteiger partial charge on any atom is 0.00967 e. The lowest BCUT2D eigenvalue weighted by Gasteiger charge is -2.25. The maximum absolute atomic E-state index is 3.69. The van der Waals surface area contributed by atoms with Crippen LogP contribution in [0.5, 0.6) is 0 Å². The van der Waals surface area contributed by atoms with Crippen LogP contribution in [0.1, 0.15) is 39.2 Å². The highest BCUT2D eigenvalue weighted by molar-refractivity contribution is 5.85. The van der Waals surface area contributed by atoms with E-state index in [1.54, 1.807) is 0 Å². The van der Waals surface area contributed by atoms with Gasteiger partial charge in [0.2, 0.25) is 0 Å². The van der Waals surface area contributed by atoms with Crippen molar-refractivity contribution in [1.82, 2.24) is 5.32 Å². The second-order valence-corrected chi connectivity index (χ2v) is 7.42. The largest absolute Gasteiger partial charge is 0.312 e. The number of benzene rings is 2. The van der Waals surface area contributed by atoms with Crippen molar-refractivity contribution < 1.29 is 0 Å². The quantitative estimate of drug-likeness (QED) is 0.857. The molecule has 0 bridgehead atoms. The van der Waals surface area contributed by atoms with Gasteiger partial charge in [-0.15, -0.1) is 0 Å². The Hall–Kier alpha value is -1.34. The average molecular weight is 267 g/mol. The lowest BCUT2D eigenvalue weighted by Crippen LogP contribution is -2.40. The molecule has 1 heteroatoms. The van der Waals surface area contributed by atoms with Gasteiger partial charge in [-0.05, 0) is 61.8 Å². The van der Waals surface area contributed by atoms with Crippen molar-refractivity contribution in [3.8, 4) is 0 Å². The number of fused-ring (bicyclic) bond motifs is 1. The third kappa shape index (κ3) is 3.04. The Balaban J connectivity index is 1.80. The fourth-order valence-corrected chi connectivity index (χ4v) is 2.90. The van der Waals surface area contributed by atoms with Gasteiger partial charge in [-0.25, -0.2) is 0 Å². The fourth-order valence-electron chi connectivity index (χ4n) is 2.90. The van der Waals surface area contributed by atoms with Crippen LogP contribution in [0.15, 0.2) is 42.5 Å². The van der Waals surface area contributed by atoms with Crippen LogP contribution in [0.3, 0.4) is 0 Å². The van der Waals surface area contributed by atoms with E-state index >= 15 is 0 Å². The Morgan fingerprint density at radius 1 is 1.00 bits per heavy atom. The second kappa shape index (κ2) is 4.89. The lowest BCUT2D eigenvalue weighted by atomic mass is 9.92. The minimum Gasteiger partial charge on any atom is -0.312 e. The molecule has 0 spiro atoms. The fraction of sp³-hybridized carbons (Fsp3) is 0.474. The molecule has 1 nitrogen and oxygen atoms in total. The molecule has 1 aliphatic rings. The minimum atomic E-state index is 0.217. The highest BCUT2D eigenvalue weighted by atomic mass is 15.0. The molecule has 106 valence electrons. The van der Waals surface area contributed by atoms with E-state index in [-0.39, 0.29) is 5.54 Å². The van der Waals surface area contributed by atoms with Crippen LogP contribution in [-0.4, -0.2) is 12.1 Å². The normalized spacial score (nSPS) is 17.4. The summed E-state index contributed by atoms with van der Waals surface area (Å²) in [6, 6.07) is 15.5. The molecule has 0 atom stereocenters. The van der Waals surface area contributed by atoms with Gasteiger partial charge in [-0.2, -0.15) is 0 Å². The van der Waals surface area contributed by atoms with Crippen molar-refractivity contribution in [3.05, 3.63) is 48.0 Å². The zero-order valence-corrected chi connectivity index (χ0v) is 12.9. The van der Waals surface area contributed by atoms with Crippen molar-refractivity contribution >= 4 is 10.8 Å². The third-order valence-electron chi connectivity index (χ3n) is 4.40. The van der Waals surface area contributed by atoms with Crippen LogP contribution in [0.25, 0.3) is 10.8 Å². The molecule has 0 unspecified atom stereocenters. The molecule has 1 N–H and O–H groups in total. The summed E-state index contributed by atoms with van der Waals surface area (Å²) in [5.74, 6) is 0. The Kier molecular flexibility index (Phi) is 3.33.